The molecule has 25 heavy (non-hydrogen) atoms. The summed E-state index contributed by atoms with van der Waals surface area (Å²) in [5, 5.41) is 4.31. The number of anilines is 1. The van der Waals surface area contributed by atoms with E-state index in [0.717, 1.165) is 47.8 Å². The van der Waals surface area contributed by atoms with Gasteiger partial charge in [0.1, 0.15) is 21.9 Å². The molecule has 2 heterocycles. The second kappa shape index (κ2) is 9.10. The number of rotatable bonds is 9. The third kappa shape index (κ3) is 4.89. The zero-order valence-corrected chi connectivity index (χ0v) is 16.6. The Morgan fingerprint density at radius 1 is 1.32 bits per heavy atom. The molecule has 1 N–H and O–H groups in total. The fourth-order valence-electron chi connectivity index (χ4n) is 2.58. The minimum absolute atomic E-state index is 0.275. The van der Waals surface area contributed by atoms with Crippen LogP contribution in [0.1, 0.15) is 42.9 Å². The van der Waals surface area contributed by atoms with Gasteiger partial charge in [0, 0.05) is 13.1 Å². The Bertz CT molecular complexity index is 710. The van der Waals surface area contributed by atoms with Crippen molar-refractivity contribution in [1.29, 1.82) is 0 Å². The molecule has 7 heteroatoms. The summed E-state index contributed by atoms with van der Waals surface area (Å²) in [6.07, 6.45) is 1.54. The zero-order chi connectivity index (χ0) is 18.4. The van der Waals surface area contributed by atoms with Gasteiger partial charge in [-0.1, -0.05) is 27.7 Å². The van der Waals surface area contributed by atoms with Crippen LogP contribution in [0.15, 0.2) is 6.33 Å². The lowest BCUT2D eigenvalue weighted by atomic mass is 10.2. The predicted octanol–water partition coefficient (Wildman–Crippen LogP) is 3.57. The summed E-state index contributed by atoms with van der Waals surface area (Å²) in [7, 11) is 0. The van der Waals surface area contributed by atoms with Crippen molar-refractivity contribution in [1.82, 2.24) is 14.9 Å². The second-order valence-electron chi connectivity index (χ2n) is 6.40. The van der Waals surface area contributed by atoms with E-state index in [1.54, 1.807) is 6.33 Å². The van der Waals surface area contributed by atoms with Crippen molar-refractivity contribution in [3.63, 3.8) is 0 Å². The lowest BCUT2D eigenvalue weighted by Crippen LogP contribution is -2.28. The van der Waals surface area contributed by atoms with E-state index in [-0.39, 0.29) is 5.97 Å². The van der Waals surface area contributed by atoms with Crippen LogP contribution in [0.3, 0.4) is 0 Å². The Kier molecular flexibility index (Phi) is 7.13. The van der Waals surface area contributed by atoms with Gasteiger partial charge in [-0.25, -0.2) is 14.8 Å². The molecule has 2 aromatic rings. The number of aryl methyl sites for hydroxylation is 1. The van der Waals surface area contributed by atoms with Gasteiger partial charge >= 0.3 is 5.97 Å². The fourth-order valence-corrected chi connectivity index (χ4v) is 3.62. The fraction of sp³-hybridized carbons (Fsp3) is 0.611. The number of carbonyl (C=O) groups excluding carboxylic acids is 1. The number of aromatic nitrogens is 2. The zero-order valence-electron chi connectivity index (χ0n) is 15.8. The number of hydrogen-bond acceptors (Lipinski definition) is 7. The highest BCUT2D eigenvalue weighted by molar-refractivity contribution is 7.20. The first-order valence-corrected chi connectivity index (χ1v) is 9.66. The quantitative estimate of drug-likeness (QED) is 0.686. The van der Waals surface area contributed by atoms with Gasteiger partial charge in [0.2, 0.25) is 0 Å². The molecule has 0 amide bonds. The topological polar surface area (TPSA) is 67.3 Å². The SMILES string of the molecule is CCN(CC)CCNc1ncnc2sc(C(=O)OCC(C)C)c(C)c12. The van der Waals surface area contributed by atoms with E-state index < -0.39 is 0 Å². The van der Waals surface area contributed by atoms with Crippen LogP contribution in [0.2, 0.25) is 0 Å². The van der Waals surface area contributed by atoms with Crippen molar-refractivity contribution in [3.8, 4) is 0 Å². The molecule has 2 rings (SSSR count). The van der Waals surface area contributed by atoms with Crippen LogP contribution in [0.4, 0.5) is 5.82 Å². The van der Waals surface area contributed by atoms with Crippen LogP contribution in [0.25, 0.3) is 10.2 Å². The highest BCUT2D eigenvalue weighted by Crippen LogP contribution is 2.33. The smallest absolute Gasteiger partial charge is 0.348 e. The van der Waals surface area contributed by atoms with Gasteiger partial charge < -0.3 is 15.0 Å². The average Bonchev–Trinajstić information content (AvgIpc) is 2.94. The summed E-state index contributed by atoms with van der Waals surface area (Å²) in [5.41, 5.74) is 0.889. The van der Waals surface area contributed by atoms with E-state index in [1.807, 2.05) is 20.8 Å². The van der Waals surface area contributed by atoms with Crippen molar-refractivity contribution >= 4 is 33.3 Å². The van der Waals surface area contributed by atoms with Gasteiger partial charge in [0.05, 0.1) is 12.0 Å². The minimum Gasteiger partial charge on any atom is -0.461 e. The van der Waals surface area contributed by atoms with E-state index in [2.05, 4.69) is 34.0 Å². The summed E-state index contributed by atoms with van der Waals surface area (Å²) in [4.78, 5) is 24.8. The van der Waals surface area contributed by atoms with Gasteiger partial charge in [-0.2, -0.15) is 0 Å². The molecule has 0 bridgehead atoms. The van der Waals surface area contributed by atoms with Gasteiger partial charge in [-0.05, 0) is 31.5 Å². The van der Waals surface area contributed by atoms with E-state index in [0.29, 0.717) is 17.4 Å². The molecular weight excluding hydrogens is 336 g/mol. The second-order valence-corrected chi connectivity index (χ2v) is 7.40. The molecule has 0 fully saturated rings. The number of esters is 1. The molecule has 0 saturated carbocycles. The summed E-state index contributed by atoms with van der Waals surface area (Å²) in [6, 6.07) is 0. The lowest BCUT2D eigenvalue weighted by Gasteiger charge is -2.18. The van der Waals surface area contributed by atoms with Gasteiger partial charge in [-0.3, -0.25) is 0 Å². The highest BCUT2D eigenvalue weighted by Gasteiger charge is 2.20. The first-order valence-electron chi connectivity index (χ1n) is 8.85. The molecule has 0 aliphatic heterocycles. The number of nitrogens with zero attached hydrogens (tertiary/aromatic N) is 3. The van der Waals surface area contributed by atoms with Crippen LogP contribution in [-0.4, -0.2) is 53.6 Å². The van der Waals surface area contributed by atoms with Crippen molar-refractivity contribution in [2.45, 2.75) is 34.6 Å². The number of carbonyl (C=O) groups is 1. The van der Waals surface area contributed by atoms with E-state index in [1.165, 1.54) is 11.3 Å². The lowest BCUT2D eigenvalue weighted by molar-refractivity contribution is 0.0464. The standard InChI is InChI=1S/C18H28N4O2S/c1-6-22(7-2)9-8-19-16-14-13(5)15(18(23)24-10-12(3)4)25-17(14)21-11-20-16/h11-12H,6-10H2,1-5H3,(H,19,20,21). The van der Waals surface area contributed by atoms with Crippen LogP contribution >= 0.6 is 11.3 Å². The van der Waals surface area contributed by atoms with Crippen LogP contribution < -0.4 is 5.32 Å². The molecule has 0 atom stereocenters. The number of ether oxygens (including phenoxy) is 1. The summed E-state index contributed by atoms with van der Waals surface area (Å²) >= 11 is 1.37. The molecule has 0 aliphatic rings. The van der Waals surface area contributed by atoms with Gasteiger partial charge in [-0.15, -0.1) is 11.3 Å². The maximum Gasteiger partial charge on any atom is 0.348 e. The van der Waals surface area contributed by atoms with Gasteiger partial charge in [0.15, 0.2) is 0 Å². The van der Waals surface area contributed by atoms with Crippen molar-refractivity contribution in [2.24, 2.45) is 5.92 Å². The van der Waals surface area contributed by atoms with Gasteiger partial charge in [0.25, 0.3) is 0 Å². The normalized spacial score (nSPS) is 11.5. The Hall–Kier alpha value is -1.73. The van der Waals surface area contributed by atoms with Crippen LogP contribution in [0, 0.1) is 12.8 Å². The highest BCUT2D eigenvalue weighted by atomic mass is 32.1. The van der Waals surface area contributed by atoms with E-state index in [9.17, 15) is 4.79 Å². The molecule has 0 unspecified atom stereocenters. The molecule has 0 radical (unpaired) electrons. The average molecular weight is 365 g/mol. The third-order valence-corrected chi connectivity index (χ3v) is 5.25. The van der Waals surface area contributed by atoms with Crippen LogP contribution in [0.5, 0.6) is 0 Å². The first-order chi connectivity index (χ1) is 12.0. The molecule has 6 nitrogen and oxygen atoms in total. The molecular formula is C18H28N4O2S. The van der Waals surface area contributed by atoms with Crippen molar-refractivity contribution in [3.05, 3.63) is 16.8 Å². The number of thiophene rings is 1. The van der Waals surface area contributed by atoms with Crippen LogP contribution in [-0.2, 0) is 4.74 Å². The summed E-state index contributed by atoms with van der Waals surface area (Å²) in [6.45, 7) is 14.5. The summed E-state index contributed by atoms with van der Waals surface area (Å²) < 4.78 is 5.38. The van der Waals surface area contributed by atoms with E-state index >= 15 is 0 Å². The Morgan fingerprint density at radius 3 is 2.68 bits per heavy atom. The largest absolute Gasteiger partial charge is 0.461 e. The molecule has 0 saturated heterocycles. The molecule has 0 spiro atoms. The molecule has 2 aromatic heterocycles. The van der Waals surface area contributed by atoms with Crippen molar-refractivity contribution in [2.75, 3.05) is 38.1 Å². The number of fused-ring (bicyclic) bond motifs is 1. The number of hydrogen-bond donors (Lipinski definition) is 1. The minimum atomic E-state index is -0.275. The molecule has 138 valence electrons. The monoisotopic (exact) mass is 364 g/mol. The molecule has 0 aromatic carbocycles. The Balaban J connectivity index is 2.18. The Morgan fingerprint density at radius 2 is 2.04 bits per heavy atom. The summed E-state index contributed by atoms with van der Waals surface area (Å²) in [5.74, 6) is 0.827. The van der Waals surface area contributed by atoms with E-state index in [4.69, 9.17) is 4.74 Å². The maximum atomic E-state index is 12.3. The first kappa shape index (κ1) is 19.6. The predicted molar refractivity (Wildman–Crippen MR) is 104 cm³/mol. The number of likely N-dealkylation sites (N-methyl/N-ethyl adjacent to an activating group) is 1. The Labute approximate surface area is 153 Å². The molecule has 0 aliphatic carbocycles. The third-order valence-electron chi connectivity index (χ3n) is 4.07. The maximum absolute atomic E-state index is 12.3. The van der Waals surface area contributed by atoms with Crippen molar-refractivity contribution < 1.29 is 9.53 Å². The number of nitrogens with one attached hydrogen (secondary N) is 1.